The first kappa shape index (κ1) is 11.7. The molecule has 0 unspecified atom stereocenters. The van der Waals surface area contributed by atoms with Crippen molar-refractivity contribution in [1.82, 2.24) is 4.98 Å². The molecule has 0 saturated heterocycles. The van der Waals surface area contributed by atoms with Crippen molar-refractivity contribution in [2.75, 3.05) is 0 Å². The van der Waals surface area contributed by atoms with Crippen LogP contribution < -0.4 is 5.43 Å². The molecule has 7 heteroatoms. The van der Waals surface area contributed by atoms with Crippen molar-refractivity contribution in [3.8, 4) is 0 Å². The maximum absolute atomic E-state index is 12.3. The van der Waals surface area contributed by atoms with E-state index in [1.807, 2.05) is 4.98 Å². The zero-order valence-electron chi connectivity index (χ0n) is 7.45. The summed E-state index contributed by atoms with van der Waals surface area (Å²) in [5.74, 6) is 0. The third-order valence-corrected chi connectivity index (χ3v) is 1.85. The standard InChI is InChI=1S/C8H6F5NO/c1-3-5(7(9)10)6(15)4(2-14-3)8(11,12)13/h2,7H,1H3,(H,14,15). The molecule has 2 nitrogen and oxygen atoms in total. The number of alkyl halides is 5. The lowest BCUT2D eigenvalue weighted by molar-refractivity contribution is -0.138. The molecule has 0 fully saturated rings. The molecule has 15 heavy (non-hydrogen) atoms. The van der Waals surface area contributed by atoms with Crippen LogP contribution in [-0.2, 0) is 6.18 Å². The summed E-state index contributed by atoms with van der Waals surface area (Å²) >= 11 is 0. The second-order valence-electron chi connectivity index (χ2n) is 2.87. The molecule has 1 aromatic heterocycles. The molecule has 1 heterocycles. The van der Waals surface area contributed by atoms with E-state index >= 15 is 0 Å². The molecule has 0 aliphatic rings. The van der Waals surface area contributed by atoms with Gasteiger partial charge >= 0.3 is 6.18 Å². The molecule has 0 aromatic carbocycles. The number of halogens is 5. The number of rotatable bonds is 1. The smallest absolute Gasteiger partial charge is 0.364 e. The number of H-pyrrole nitrogens is 1. The first-order valence-corrected chi connectivity index (χ1v) is 3.82. The highest BCUT2D eigenvalue weighted by Crippen LogP contribution is 2.28. The summed E-state index contributed by atoms with van der Waals surface area (Å²) in [6, 6.07) is 0. The minimum atomic E-state index is -4.93. The SMILES string of the molecule is Cc1[nH]cc(C(F)(F)F)c(=O)c1C(F)F. The molecule has 0 aliphatic carbocycles. The number of hydrogen-bond donors (Lipinski definition) is 1. The molecule has 0 spiro atoms. The predicted molar refractivity (Wildman–Crippen MR) is 41.8 cm³/mol. The molecule has 1 N–H and O–H groups in total. The van der Waals surface area contributed by atoms with Gasteiger partial charge < -0.3 is 4.98 Å². The topological polar surface area (TPSA) is 32.9 Å². The largest absolute Gasteiger partial charge is 0.421 e. The van der Waals surface area contributed by atoms with Gasteiger partial charge in [-0.2, -0.15) is 13.2 Å². The van der Waals surface area contributed by atoms with Crippen molar-refractivity contribution in [1.29, 1.82) is 0 Å². The maximum Gasteiger partial charge on any atom is 0.421 e. The van der Waals surface area contributed by atoms with Gasteiger partial charge in [-0.25, -0.2) is 8.78 Å². The highest BCUT2D eigenvalue weighted by molar-refractivity contribution is 5.27. The van der Waals surface area contributed by atoms with Crippen LogP contribution in [0.2, 0.25) is 0 Å². The third-order valence-electron chi connectivity index (χ3n) is 1.85. The van der Waals surface area contributed by atoms with E-state index < -0.39 is 29.2 Å². The van der Waals surface area contributed by atoms with Crippen molar-refractivity contribution >= 4 is 0 Å². The zero-order valence-corrected chi connectivity index (χ0v) is 7.45. The van der Waals surface area contributed by atoms with Gasteiger partial charge in [0.15, 0.2) is 0 Å². The van der Waals surface area contributed by atoms with Gasteiger partial charge in [-0.1, -0.05) is 0 Å². The number of hydrogen-bond acceptors (Lipinski definition) is 1. The van der Waals surface area contributed by atoms with Gasteiger partial charge in [0, 0.05) is 11.9 Å². The van der Waals surface area contributed by atoms with Crippen molar-refractivity contribution in [3.05, 3.63) is 33.2 Å². The Kier molecular flexibility index (Phi) is 2.83. The molecule has 1 rings (SSSR count). The lowest BCUT2D eigenvalue weighted by Crippen LogP contribution is -2.24. The molecule has 0 aliphatic heterocycles. The summed E-state index contributed by atoms with van der Waals surface area (Å²) in [5.41, 5.74) is -4.68. The number of nitrogens with one attached hydrogen (secondary N) is 1. The first-order valence-electron chi connectivity index (χ1n) is 3.82. The van der Waals surface area contributed by atoms with E-state index in [9.17, 15) is 26.7 Å². The summed E-state index contributed by atoms with van der Waals surface area (Å²) in [6.07, 6.45) is -7.76. The summed E-state index contributed by atoms with van der Waals surface area (Å²) < 4.78 is 61.0. The Morgan fingerprint density at radius 1 is 1.33 bits per heavy atom. The van der Waals surface area contributed by atoms with E-state index in [4.69, 9.17) is 0 Å². The Morgan fingerprint density at radius 3 is 2.27 bits per heavy atom. The Balaban J connectivity index is 3.50. The normalized spacial score (nSPS) is 12.2. The minimum absolute atomic E-state index is 0.261. The van der Waals surface area contributed by atoms with E-state index in [-0.39, 0.29) is 5.69 Å². The number of aromatic amines is 1. The van der Waals surface area contributed by atoms with Crippen LogP contribution in [0.25, 0.3) is 0 Å². The maximum atomic E-state index is 12.3. The molecule has 0 atom stereocenters. The van der Waals surface area contributed by atoms with Gasteiger partial charge in [0.2, 0.25) is 5.43 Å². The molecule has 0 amide bonds. The fourth-order valence-corrected chi connectivity index (χ4v) is 1.11. The Labute approximate surface area is 80.7 Å². The molecule has 1 aromatic rings. The van der Waals surface area contributed by atoms with E-state index in [0.29, 0.717) is 6.20 Å². The summed E-state index contributed by atoms with van der Waals surface area (Å²) in [5, 5.41) is 0. The molecule has 84 valence electrons. The number of aromatic nitrogens is 1. The van der Waals surface area contributed by atoms with Gasteiger partial charge in [-0.15, -0.1) is 0 Å². The highest BCUT2D eigenvalue weighted by atomic mass is 19.4. The Bertz CT molecular complexity index is 420. The minimum Gasteiger partial charge on any atom is -0.364 e. The predicted octanol–water partition coefficient (Wildman–Crippen LogP) is 2.64. The molecule has 0 radical (unpaired) electrons. The molecular formula is C8H6F5NO. The van der Waals surface area contributed by atoms with Gasteiger partial charge in [0.25, 0.3) is 6.43 Å². The second-order valence-corrected chi connectivity index (χ2v) is 2.87. The number of aryl methyl sites for hydroxylation is 1. The Hall–Kier alpha value is -1.40. The average molecular weight is 227 g/mol. The van der Waals surface area contributed by atoms with Gasteiger partial charge in [-0.05, 0) is 6.92 Å². The van der Waals surface area contributed by atoms with Crippen molar-refractivity contribution in [2.24, 2.45) is 0 Å². The molecule has 0 saturated carbocycles. The lowest BCUT2D eigenvalue weighted by atomic mass is 10.1. The number of pyridine rings is 1. The highest BCUT2D eigenvalue weighted by Gasteiger charge is 2.36. The van der Waals surface area contributed by atoms with Gasteiger partial charge in [-0.3, -0.25) is 4.79 Å². The van der Waals surface area contributed by atoms with E-state index in [1.54, 1.807) is 0 Å². The third kappa shape index (κ3) is 2.16. The van der Waals surface area contributed by atoms with Crippen molar-refractivity contribution < 1.29 is 22.0 Å². The molecular weight excluding hydrogens is 221 g/mol. The van der Waals surface area contributed by atoms with Crippen LogP contribution in [0.15, 0.2) is 11.0 Å². The summed E-state index contributed by atoms with van der Waals surface area (Å²) in [6.45, 7) is 1.11. The van der Waals surface area contributed by atoms with Crippen molar-refractivity contribution in [2.45, 2.75) is 19.5 Å². The van der Waals surface area contributed by atoms with Crippen LogP contribution in [0.4, 0.5) is 22.0 Å². The van der Waals surface area contributed by atoms with Crippen LogP contribution in [0.3, 0.4) is 0 Å². The Morgan fingerprint density at radius 2 is 1.87 bits per heavy atom. The van der Waals surface area contributed by atoms with Crippen LogP contribution in [0.5, 0.6) is 0 Å². The van der Waals surface area contributed by atoms with Crippen LogP contribution in [0.1, 0.15) is 23.2 Å². The van der Waals surface area contributed by atoms with Crippen LogP contribution in [0, 0.1) is 6.92 Å². The fourth-order valence-electron chi connectivity index (χ4n) is 1.11. The van der Waals surface area contributed by atoms with Gasteiger partial charge in [0.05, 0.1) is 5.56 Å². The second kappa shape index (κ2) is 3.63. The fraction of sp³-hybridized carbons (Fsp3) is 0.375. The first-order chi connectivity index (χ1) is 6.75. The summed E-state index contributed by atoms with van der Waals surface area (Å²) in [4.78, 5) is 13.1. The lowest BCUT2D eigenvalue weighted by Gasteiger charge is -2.09. The zero-order chi connectivity index (χ0) is 11.8. The van der Waals surface area contributed by atoms with Crippen LogP contribution in [-0.4, -0.2) is 4.98 Å². The summed E-state index contributed by atoms with van der Waals surface area (Å²) in [7, 11) is 0. The van der Waals surface area contributed by atoms with E-state index in [0.717, 1.165) is 6.92 Å². The monoisotopic (exact) mass is 227 g/mol. The molecule has 0 bridgehead atoms. The van der Waals surface area contributed by atoms with E-state index in [2.05, 4.69) is 0 Å². The van der Waals surface area contributed by atoms with Gasteiger partial charge in [0.1, 0.15) is 5.56 Å². The van der Waals surface area contributed by atoms with Crippen molar-refractivity contribution in [3.63, 3.8) is 0 Å². The van der Waals surface area contributed by atoms with Crippen LogP contribution >= 0.6 is 0 Å². The average Bonchev–Trinajstić information content (AvgIpc) is 2.00. The van der Waals surface area contributed by atoms with E-state index in [1.165, 1.54) is 0 Å². The quantitative estimate of drug-likeness (QED) is 0.735.